The number of rotatable bonds is 5. The Morgan fingerprint density at radius 1 is 0.848 bits per heavy atom. The number of urea groups is 1. The molecule has 3 amide bonds. The highest BCUT2D eigenvalue weighted by Crippen LogP contribution is 2.21. The number of hydrogen-bond donors (Lipinski definition) is 2. The molecule has 1 aliphatic rings. The minimum absolute atomic E-state index is 0.175. The summed E-state index contributed by atoms with van der Waals surface area (Å²) in [5.74, 6) is 0.175. The molecule has 1 fully saturated rings. The summed E-state index contributed by atoms with van der Waals surface area (Å²) in [6.07, 6.45) is 0.449. The van der Waals surface area contributed by atoms with Gasteiger partial charge in [-0.2, -0.15) is 0 Å². The highest BCUT2D eigenvalue weighted by Gasteiger charge is 2.21. The van der Waals surface area contributed by atoms with Gasteiger partial charge in [0.25, 0.3) is 0 Å². The van der Waals surface area contributed by atoms with Gasteiger partial charge in [-0.3, -0.25) is 4.79 Å². The predicted octanol–water partition coefficient (Wildman–Crippen LogP) is 5.18. The molecule has 6 nitrogen and oxygen atoms in total. The Labute approximate surface area is 199 Å². The smallest absolute Gasteiger partial charge is 0.323 e. The summed E-state index contributed by atoms with van der Waals surface area (Å²) in [5, 5.41) is 6.15. The SMILES string of the molecule is Cc1ccccc1CC(=O)N1CCN(c2ccc(NC(=O)Nc3cccc(Cl)c3)cc2)CC1. The fourth-order valence-corrected chi connectivity index (χ4v) is 4.10. The molecule has 1 heterocycles. The van der Waals surface area contributed by atoms with Crippen LogP contribution in [0.15, 0.2) is 72.8 Å². The molecule has 0 aromatic heterocycles. The van der Waals surface area contributed by atoms with Gasteiger partial charge in [-0.25, -0.2) is 4.79 Å². The standard InChI is InChI=1S/C26H27ClN4O2/c1-19-5-2-3-6-20(19)17-25(32)31-15-13-30(14-16-31)24-11-9-22(10-12-24)28-26(33)29-23-8-4-7-21(27)18-23/h2-12,18H,13-17H2,1H3,(H2,28,29,33). The van der Waals surface area contributed by atoms with Crippen molar-refractivity contribution in [3.8, 4) is 0 Å². The fraction of sp³-hybridized carbons (Fsp3) is 0.231. The topological polar surface area (TPSA) is 64.7 Å². The lowest BCUT2D eigenvalue weighted by Gasteiger charge is -2.36. The molecule has 0 radical (unpaired) electrons. The Bertz CT molecular complexity index is 1130. The molecule has 1 aliphatic heterocycles. The van der Waals surface area contributed by atoms with Crippen LogP contribution in [0.1, 0.15) is 11.1 Å². The zero-order chi connectivity index (χ0) is 23.2. The minimum atomic E-state index is -0.328. The Morgan fingerprint density at radius 3 is 2.24 bits per heavy atom. The average Bonchev–Trinajstić information content (AvgIpc) is 2.81. The van der Waals surface area contributed by atoms with E-state index in [9.17, 15) is 9.59 Å². The number of aryl methyl sites for hydroxylation is 1. The lowest BCUT2D eigenvalue weighted by atomic mass is 10.1. The summed E-state index contributed by atoms with van der Waals surface area (Å²) in [4.78, 5) is 29.1. The summed E-state index contributed by atoms with van der Waals surface area (Å²) in [6.45, 7) is 5.00. The van der Waals surface area contributed by atoms with Gasteiger partial charge in [0.05, 0.1) is 6.42 Å². The molecule has 0 unspecified atom stereocenters. The first-order chi connectivity index (χ1) is 16.0. The lowest BCUT2D eigenvalue weighted by Crippen LogP contribution is -2.49. The van der Waals surface area contributed by atoms with E-state index in [1.165, 1.54) is 0 Å². The Balaban J connectivity index is 1.27. The molecule has 3 aromatic rings. The first kappa shape index (κ1) is 22.7. The van der Waals surface area contributed by atoms with Crippen molar-refractivity contribution in [3.63, 3.8) is 0 Å². The van der Waals surface area contributed by atoms with E-state index in [0.29, 0.717) is 35.9 Å². The van der Waals surface area contributed by atoms with Crippen molar-refractivity contribution < 1.29 is 9.59 Å². The third kappa shape index (κ3) is 6.05. The van der Waals surface area contributed by atoms with Gasteiger partial charge < -0.3 is 20.4 Å². The maximum absolute atomic E-state index is 12.7. The van der Waals surface area contributed by atoms with E-state index in [1.54, 1.807) is 24.3 Å². The number of nitrogens with one attached hydrogen (secondary N) is 2. The first-order valence-corrected chi connectivity index (χ1v) is 11.4. The predicted molar refractivity (Wildman–Crippen MR) is 134 cm³/mol. The van der Waals surface area contributed by atoms with Gasteiger partial charge >= 0.3 is 6.03 Å². The monoisotopic (exact) mass is 462 g/mol. The second-order valence-electron chi connectivity index (χ2n) is 8.11. The van der Waals surface area contributed by atoms with Crippen molar-refractivity contribution >= 4 is 40.6 Å². The van der Waals surface area contributed by atoms with Crippen LogP contribution in [0.5, 0.6) is 0 Å². The normalized spacial score (nSPS) is 13.5. The molecule has 3 aromatic carbocycles. The molecule has 0 bridgehead atoms. The molecule has 33 heavy (non-hydrogen) atoms. The Hall–Kier alpha value is -3.51. The van der Waals surface area contributed by atoms with E-state index in [1.807, 2.05) is 60.4 Å². The minimum Gasteiger partial charge on any atom is -0.368 e. The van der Waals surface area contributed by atoms with Gasteiger partial charge in [-0.15, -0.1) is 0 Å². The number of amides is 3. The van der Waals surface area contributed by atoms with Crippen LogP contribution in [0.2, 0.25) is 5.02 Å². The van der Waals surface area contributed by atoms with Crippen molar-refractivity contribution in [2.45, 2.75) is 13.3 Å². The van der Waals surface area contributed by atoms with Gasteiger partial charge in [-0.05, 0) is 60.5 Å². The third-order valence-corrected chi connectivity index (χ3v) is 6.04. The number of hydrogen-bond acceptors (Lipinski definition) is 3. The zero-order valence-corrected chi connectivity index (χ0v) is 19.3. The first-order valence-electron chi connectivity index (χ1n) is 11.0. The summed E-state index contributed by atoms with van der Waals surface area (Å²) in [5.41, 5.74) is 4.64. The molecule has 4 rings (SSSR count). The quantitative estimate of drug-likeness (QED) is 0.548. The summed E-state index contributed by atoms with van der Waals surface area (Å²) in [7, 11) is 0. The summed E-state index contributed by atoms with van der Waals surface area (Å²) < 4.78 is 0. The molecular weight excluding hydrogens is 436 g/mol. The highest BCUT2D eigenvalue weighted by molar-refractivity contribution is 6.30. The number of piperazine rings is 1. The molecular formula is C26H27ClN4O2. The highest BCUT2D eigenvalue weighted by atomic mass is 35.5. The van der Waals surface area contributed by atoms with Crippen molar-refractivity contribution in [1.29, 1.82) is 0 Å². The van der Waals surface area contributed by atoms with Gasteiger partial charge in [0.15, 0.2) is 0 Å². The van der Waals surface area contributed by atoms with Gasteiger partial charge in [0.1, 0.15) is 0 Å². The molecule has 0 aliphatic carbocycles. The van der Waals surface area contributed by atoms with E-state index in [4.69, 9.17) is 11.6 Å². The van der Waals surface area contributed by atoms with E-state index in [2.05, 4.69) is 15.5 Å². The van der Waals surface area contributed by atoms with E-state index in [0.717, 1.165) is 29.9 Å². The molecule has 0 saturated carbocycles. The van der Waals surface area contributed by atoms with E-state index < -0.39 is 0 Å². The van der Waals surface area contributed by atoms with Gasteiger partial charge in [0, 0.05) is 48.3 Å². The van der Waals surface area contributed by atoms with Crippen LogP contribution >= 0.6 is 11.6 Å². The van der Waals surface area contributed by atoms with Crippen LogP contribution in [-0.4, -0.2) is 43.0 Å². The van der Waals surface area contributed by atoms with Crippen molar-refractivity contribution in [2.75, 3.05) is 41.7 Å². The van der Waals surface area contributed by atoms with Gasteiger partial charge in [0.2, 0.25) is 5.91 Å². The largest absolute Gasteiger partial charge is 0.368 e. The maximum atomic E-state index is 12.7. The number of anilines is 3. The number of benzene rings is 3. The van der Waals surface area contributed by atoms with Crippen molar-refractivity contribution in [3.05, 3.63) is 88.9 Å². The number of carbonyl (C=O) groups excluding carboxylic acids is 2. The lowest BCUT2D eigenvalue weighted by molar-refractivity contribution is -0.130. The van der Waals surface area contributed by atoms with Gasteiger partial charge in [-0.1, -0.05) is 41.9 Å². The van der Waals surface area contributed by atoms with E-state index in [-0.39, 0.29) is 11.9 Å². The Kier molecular flexibility index (Phi) is 7.15. The molecule has 2 N–H and O–H groups in total. The van der Waals surface area contributed by atoms with Crippen molar-refractivity contribution in [1.82, 2.24) is 4.90 Å². The zero-order valence-electron chi connectivity index (χ0n) is 18.6. The van der Waals surface area contributed by atoms with Crippen LogP contribution < -0.4 is 15.5 Å². The molecule has 0 atom stereocenters. The summed E-state index contributed by atoms with van der Waals surface area (Å²) >= 11 is 5.95. The second kappa shape index (κ2) is 10.4. The van der Waals surface area contributed by atoms with Crippen LogP contribution in [0.25, 0.3) is 0 Å². The molecule has 1 saturated heterocycles. The maximum Gasteiger partial charge on any atom is 0.323 e. The number of nitrogens with zero attached hydrogens (tertiary/aromatic N) is 2. The molecule has 7 heteroatoms. The molecule has 0 spiro atoms. The average molecular weight is 463 g/mol. The van der Waals surface area contributed by atoms with Crippen LogP contribution in [0.4, 0.5) is 21.9 Å². The van der Waals surface area contributed by atoms with Crippen LogP contribution in [0.3, 0.4) is 0 Å². The third-order valence-electron chi connectivity index (χ3n) is 5.81. The summed E-state index contributed by atoms with van der Waals surface area (Å²) in [6, 6.07) is 22.4. The number of halogens is 1. The van der Waals surface area contributed by atoms with E-state index >= 15 is 0 Å². The number of carbonyl (C=O) groups is 2. The van der Waals surface area contributed by atoms with Crippen LogP contribution in [0, 0.1) is 6.92 Å². The Morgan fingerprint density at radius 2 is 1.55 bits per heavy atom. The fourth-order valence-electron chi connectivity index (χ4n) is 3.91. The van der Waals surface area contributed by atoms with Crippen molar-refractivity contribution in [2.24, 2.45) is 0 Å². The van der Waals surface area contributed by atoms with Crippen LogP contribution in [-0.2, 0) is 11.2 Å². The molecule has 170 valence electrons. The second-order valence-corrected chi connectivity index (χ2v) is 8.54.